The van der Waals surface area contributed by atoms with E-state index in [1.807, 2.05) is 0 Å². The van der Waals surface area contributed by atoms with Gasteiger partial charge in [0.1, 0.15) is 11.6 Å². The number of hydrogen-bond donors (Lipinski definition) is 1. The number of nitro benzene ring substituents is 1. The number of rotatable bonds is 3. The third-order valence-electron chi connectivity index (χ3n) is 2.58. The Labute approximate surface area is 107 Å². The first-order valence-corrected chi connectivity index (χ1v) is 5.44. The zero-order chi connectivity index (χ0) is 14.0. The largest absolute Gasteiger partial charge is 0.353 e. The molecule has 0 aliphatic carbocycles. The molecule has 0 fully saturated rings. The van der Waals surface area contributed by atoms with Gasteiger partial charge in [-0.15, -0.1) is 0 Å². The van der Waals surface area contributed by atoms with Crippen molar-refractivity contribution in [2.24, 2.45) is 0 Å². The standard InChI is InChI=1S/C13H10F2N2O2/c1-8-3-2-4-12(15)13(8)16-10-5-9(14)6-11(7-10)17(18)19/h2-7,16H,1H3. The lowest BCUT2D eigenvalue weighted by Crippen LogP contribution is -1.98. The van der Waals surface area contributed by atoms with E-state index in [4.69, 9.17) is 0 Å². The molecule has 0 aliphatic heterocycles. The van der Waals surface area contributed by atoms with E-state index in [0.717, 1.165) is 18.2 Å². The third kappa shape index (κ3) is 2.85. The molecule has 0 amide bonds. The molecule has 2 aromatic carbocycles. The summed E-state index contributed by atoms with van der Waals surface area (Å²) >= 11 is 0. The molecule has 0 radical (unpaired) electrons. The van der Waals surface area contributed by atoms with Gasteiger partial charge in [-0.25, -0.2) is 8.78 Å². The van der Waals surface area contributed by atoms with Crippen molar-refractivity contribution in [2.45, 2.75) is 6.92 Å². The van der Waals surface area contributed by atoms with Crippen LogP contribution in [0.2, 0.25) is 0 Å². The molecule has 0 unspecified atom stereocenters. The normalized spacial score (nSPS) is 10.3. The summed E-state index contributed by atoms with van der Waals surface area (Å²) in [5.74, 6) is -1.27. The smallest absolute Gasteiger partial charge is 0.274 e. The van der Waals surface area contributed by atoms with Gasteiger partial charge in [-0.1, -0.05) is 12.1 Å². The predicted molar refractivity (Wildman–Crippen MR) is 67.5 cm³/mol. The minimum absolute atomic E-state index is 0.125. The monoisotopic (exact) mass is 264 g/mol. The molecule has 0 aromatic heterocycles. The average molecular weight is 264 g/mol. The van der Waals surface area contributed by atoms with Gasteiger partial charge in [-0.2, -0.15) is 0 Å². The van der Waals surface area contributed by atoms with Gasteiger partial charge in [-0.3, -0.25) is 10.1 Å². The van der Waals surface area contributed by atoms with E-state index in [9.17, 15) is 18.9 Å². The fraction of sp³-hybridized carbons (Fsp3) is 0.0769. The summed E-state index contributed by atoms with van der Waals surface area (Å²) in [5, 5.41) is 13.3. The minimum atomic E-state index is -0.759. The fourth-order valence-corrected chi connectivity index (χ4v) is 1.69. The molecule has 4 nitrogen and oxygen atoms in total. The van der Waals surface area contributed by atoms with Gasteiger partial charge >= 0.3 is 0 Å². The zero-order valence-electron chi connectivity index (χ0n) is 9.98. The molecule has 0 saturated carbocycles. The lowest BCUT2D eigenvalue weighted by Gasteiger charge is -2.10. The Morgan fingerprint density at radius 3 is 2.58 bits per heavy atom. The van der Waals surface area contributed by atoms with Crippen LogP contribution in [-0.2, 0) is 0 Å². The Balaban J connectivity index is 2.41. The van der Waals surface area contributed by atoms with Crippen LogP contribution in [0.1, 0.15) is 5.56 Å². The van der Waals surface area contributed by atoms with Crippen LogP contribution >= 0.6 is 0 Å². The maximum absolute atomic E-state index is 13.6. The topological polar surface area (TPSA) is 55.2 Å². The Morgan fingerprint density at radius 2 is 1.95 bits per heavy atom. The molecular weight excluding hydrogens is 254 g/mol. The number of para-hydroxylation sites is 1. The van der Waals surface area contributed by atoms with Crippen molar-refractivity contribution in [3.63, 3.8) is 0 Å². The first-order chi connectivity index (χ1) is 8.97. The van der Waals surface area contributed by atoms with E-state index in [0.29, 0.717) is 5.56 Å². The Bertz CT molecular complexity index is 624. The third-order valence-corrected chi connectivity index (χ3v) is 2.58. The van der Waals surface area contributed by atoms with Crippen molar-refractivity contribution in [1.29, 1.82) is 0 Å². The van der Waals surface area contributed by atoms with Crippen LogP contribution < -0.4 is 5.32 Å². The van der Waals surface area contributed by atoms with Gasteiger partial charge in [0.15, 0.2) is 0 Å². The zero-order valence-corrected chi connectivity index (χ0v) is 9.98. The first kappa shape index (κ1) is 12.9. The van der Waals surface area contributed by atoms with Gasteiger partial charge in [0.05, 0.1) is 16.7 Å². The van der Waals surface area contributed by atoms with Crippen LogP contribution in [0.3, 0.4) is 0 Å². The van der Waals surface area contributed by atoms with E-state index < -0.39 is 22.2 Å². The minimum Gasteiger partial charge on any atom is -0.353 e. The lowest BCUT2D eigenvalue weighted by atomic mass is 10.2. The van der Waals surface area contributed by atoms with Gasteiger partial charge < -0.3 is 5.32 Å². The van der Waals surface area contributed by atoms with E-state index in [2.05, 4.69) is 5.32 Å². The number of aryl methyl sites for hydroxylation is 1. The second-order valence-electron chi connectivity index (χ2n) is 4.01. The number of non-ortho nitro benzene ring substituents is 1. The second kappa shape index (κ2) is 5.01. The molecule has 1 N–H and O–H groups in total. The molecular formula is C13H10F2N2O2. The van der Waals surface area contributed by atoms with E-state index >= 15 is 0 Å². The summed E-state index contributed by atoms with van der Waals surface area (Å²) < 4.78 is 26.9. The van der Waals surface area contributed by atoms with Crippen molar-refractivity contribution in [2.75, 3.05) is 5.32 Å². The predicted octanol–water partition coefficient (Wildman–Crippen LogP) is 3.93. The molecule has 0 bridgehead atoms. The summed E-state index contributed by atoms with van der Waals surface area (Å²) in [6.07, 6.45) is 0. The molecule has 6 heteroatoms. The van der Waals surface area contributed by atoms with Crippen LogP contribution in [0.25, 0.3) is 0 Å². The van der Waals surface area contributed by atoms with Gasteiger partial charge in [-0.05, 0) is 24.6 Å². The highest BCUT2D eigenvalue weighted by Gasteiger charge is 2.12. The van der Waals surface area contributed by atoms with Gasteiger partial charge in [0.2, 0.25) is 0 Å². The number of nitrogens with one attached hydrogen (secondary N) is 1. The summed E-state index contributed by atoms with van der Waals surface area (Å²) in [6.45, 7) is 1.68. The quantitative estimate of drug-likeness (QED) is 0.675. The maximum Gasteiger partial charge on any atom is 0.274 e. The lowest BCUT2D eigenvalue weighted by molar-refractivity contribution is -0.385. The van der Waals surface area contributed by atoms with Gasteiger partial charge in [0, 0.05) is 11.8 Å². The van der Waals surface area contributed by atoms with Crippen LogP contribution in [0.15, 0.2) is 36.4 Å². The van der Waals surface area contributed by atoms with Crippen molar-refractivity contribution >= 4 is 17.1 Å². The maximum atomic E-state index is 13.6. The Hall–Kier alpha value is -2.50. The molecule has 2 aromatic rings. The van der Waals surface area contributed by atoms with Crippen molar-refractivity contribution in [1.82, 2.24) is 0 Å². The number of hydrogen-bond acceptors (Lipinski definition) is 3. The second-order valence-corrected chi connectivity index (χ2v) is 4.01. The molecule has 0 aliphatic rings. The summed E-state index contributed by atoms with van der Waals surface area (Å²) in [7, 11) is 0. The number of benzene rings is 2. The summed E-state index contributed by atoms with van der Waals surface area (Å²) in [4.78, 5) is 9.92. The summed E-state index contributed by atoms with van der Waals surface area (Å²) in [5.41, 5.74) is 0.519. The van der Waals surface area contributed by atoms with Crippen LogP contribution in [0.4, 0.5) is 25.8 Å². The van der Waals surface area contributed by atoms with Crippen molar-refractivity contribution in [3.05, 3.63) is 63.7 Å². The number of nitro groups is 1. The van der Waals surface area contributed by atoms with E-state index in [-0.39, 0.29) is 11.4 Å². The van der Waals surface area contributed by atoms with Gasteiger partial charge in [0.25, 0.3) is 5.69 Å². The Morgan fingerprint density at radius 1 is 1.21 bits per heavy atom. The molecule has 0 saturated heterocycles. The molecule has 98 valence electrons. The molecule has 0 spiro atoms. The Kier molecular flexibility index (Phi) is 3.41. The van der Waals surface area contributed by atoms with Crippen LogP contribution in [0, 0.1) is 28.7 Å². The number of halogens is 2. The summed E-state index contributed by atoms with van der Waals surface area (Å²) in [6, 6.07) is 7.50. The molecule has 2 rings (SSSR count). The molecule has 0 atom stereocenters. The fourth-order valence-electron chi connectivity index (χ4n) is 1.69. The number of nitrogens with zero attached hydrogens (tertiary/aromatic N) is 1. The number of anilines is 2. The highest BCUT2D eigenvalue weighted by molar-refractivity contribution is 5.65. The van der Waals surface area contributed by atoms with Crippen LogP contribution in [0.5, 0.6) is 0 Å². The van der Waals surface area contributed by atoms with Crippen LogP contribution in [-0.4, -0.2) is 4.92 Å². The van der Waals surface area contributed by atoms with E-state index in [1.54, 1.807) is 19.1 Å². The highest BCUT2D eigenvalue weighted by Crippen LogP contribution is 2.27. The molecule has 0 heterocycles. The van der Waals surface area contributed by atoms with E-state index in [1.165, 1.54) is 6.07 Å². The average Bonchev–Trinajstić information content (AvgIpc) is 2.33. The SMILES string of the molecule is Cc1cccc(F)c1Nc1cc(F)cc([N+](=O)[O-])c1. The molecule has 19 heavy (non-hydrogen) atoms. The van der Waals surface area contributed by atoms with Crippen molar-refractivity contribution < 1.29 is 13.7 Å². The van der Waals surface area contributed by atoms with Crippen molar-refractivity contribution in [3.8, 4) is 0 Å². The first-order valence-electron chi connectivity index (χ1n) is 5.44. The highest BCUT2D eigenvalue weighted by atomic mass is 19.1.